The second-order valence-corrected chi connectivity index (χ2v) is 5.92. The maximum atomic E-state index is 4.39. The maximum Gasteiger partial charge on any atom is 0.0641 e. The molecule has 0 fully saturated rings. The first-order valence-corrected chi connectivity index (χ1v) is 7.28. The molecular weight excluding hydrogens is 302 g/mol. The lowest BCUT2D eigenvalue weighted by molar-refractivity contribution is 0.493. The Labute approximate surface area is 123 Å². The summed E-state index contributed by atoms with van der Waals surface area (Å²) in [5.41, 5.74) is 3.63. The largest absolute Gasteiger partial charge is 0.304 e. The van der Waals surface area contributed by atoms with Crippen molar-refractivity contribution in [1.29, 1.82) is 0 Å². The van der Waals surface area contributed by atoms with E-state index < -0.39 is 0 Å². The molecule has 1 heterocycles. The number of aryl methyl sites for hydroxylation is 2. The van der Waals surface area contributed by atoms with Crippen molar-refractivity contribution in [1.82, 2.24) is 15.1 Å². The standard InChI is InChI=1S/C15H20BrN3/c1-10(13-5-7-14(16)8-6-13)17-11(2)15-9-19(4)18-12(15)3/h5-11,17H,1-4H3/t10-,11?/m0/s1. The maximum absolute atomic E-state index is 4.39. The summed E-state index contributed by atoms with van der Waals surface area (Å²) < 4.78 is 2.98. The van der Waals surface area contributed by atoms with Gasteiger partial charge in [0.05, 0.1) is 5.69 Å². The van der Waals surface area contributed by atoms with Gasteiger partial charge in [-0.3, -0.25) is 4.68 Å². The molecule has 1 unspecified atom stereocenters. The SMILES string of the molecule is Cc1nn(C)cc1C(C)N[C@@H](C)c1ccc(Br)cc1. The van der Waals surface area contributed by atoms with E-state index in [1.165, 1.54) is 11.1 Å². The first-order valence-electron chi connectivity index (χ1n) is 6.49. The van der Waals surface area contributed by atoms with Gasteiger partial charge in [-0.15, -0.1) is 0 Å². The summed E-state index contributed by atoms with van der Waals surface area (Å²) in [5.74, 6) is 0. The lowest BCUT2D eigenvalue weighted by Gasteiger charge is -2.20. The fourth-order valence-electron chi connectivity index (χ4n) is 2.36. The third-order valence-corrected chi connectivity index (χ3v) is 3.92. The van der Waals surface area contributed by atoms with Crippen molar-refractivity contribution in [2.45, 2.75) is 32.9 Å². The molecule has 2 atom stereocenters. The zero-order valence-corrected chi connectivity index (χ0v) is 13.4. The molecule has 3 nitrogen and oxygen atoms in total. The zero-order chi connectivity index (χ0) is 14.0. The Hall–Kier alpha value is -1.13. The van der Waals surface area contributed by atoms with Crippen molar-refractivity contribution < 1.29 is 0 Å². The number of hydrogen-bond donors (Lipinski definition) is 1. The first-order chi connectivity index (χ1) is 8.97. The molecule has 2 aromatic rings. The molecule has 19 heavy (non-hydrogen) atoms. The number of hydrogen-bond acceptors (Lipinski definition) is 2. The Morgan fingerprint density at radius 1 is 1.16 bits per heavy atom. The molecule has 1 aromatic carbocycles. The normalized spacial score (nSPS) is 14.4. The number of nitrogens with one attached hydrogen (secondary N) is 1. The van der Waals surface area contributed by atoms with Crippen molar-refractivity contribution in [3.63, 3.8) is 0 Å². The molecule has 4 heteroatoms. The van der Waals surface area contributed by atoms with E-state index in [2.05, 4.69) is 77.6 Å². The second kappa shape index (κ2) is 5.88. The van der Waals surface area contributed by atoms with Gasteiger partial charge in [0, 0.05) is 35.4 Å². The zero-order valence-electron chi connectivity index (χ0n) is 11.8. The highest BCUT2D eigenvalue weighted by molar-refractivity contribution is 9.10. The molecule has 102 valence electrons. The summed E-state index contributed by atoms with van der Waals surface area (Å²) >= 11 is 3.46. The van der Waals surface area contributed by atoms with Crippen LogP contribution in [0.5, 0.6) is 0 Å². The number of aromatic nitrogens is 2. The third-order valence-electron chi connectivity index (χ3n) is 3.39. The molecule has 0 saturated heterocycles. The van der Waals surface area contributed by atoms with Gasteiger partial charge in [-0.1, -0.05) is 28.1 Å². The molecule has 0 radical (unpaired) electrons. The lowest BCUT2D eigenvalue weighted by Crippen LogP contribution is -2.22. The van der Waals surface area contributed by atoms with Crippen LogP contribution in [0.2, 0.25) is 0 Å². The summed E-state index contributed by atoms with van der Waals surface area (Å²) in [6, 6.07) is 9.03. The molecule has 0 bridgehead atoms. The first kappa shape index (κ1) is 14.3. The molecule has 0 amide bonds. The van der Waals surface area contributed by atoms with E-state index in [1.54, 1.807) is 0 Å². The van der Waals surface area contributed by atoms with Gasteiger partial charge in [-0.2, -0.15) is 5.10 Å². The molecule has 0 saturated carbocycles. The summed E-state index contributed by atoms with van der Waals surface area (Å²) in [6.07, 6.45) is 2.08. The minimum Gasteiger partial charge on any atom is -0.304 e. The molecule has 0 spiro atoms. The van der Waals surface area contributed by atoms with E-state index in [0.717, 1.165) is 10.2 Å². The molecule has 1 aromatic heterocycles. The van der Waals surface area contributed by atoms with Gasteiger partial charge in [0.15, 0.2) is 0 Å². The van der Waals surface area contributed by atoms with Crippen LogP contribution in [0.1, 0.15) is 42.8 Å². The van der Waals surface area contributed by atoms with E-state index >= 15 is 0 Å². The van der Waals surface area contributed by atoms with Gasteiger partial charge in [-0.05, 0) is 38.5 Å². The summed E-state index contributed by atoms with van der Waals surface area (Å²) in [4.78, 5) is 0. The van der Waals surface area contributed by atoms with Gasteiger partial charge in [-0.25, -0.2) is 0 Å². The number of halogens is 1. The fourth-order valence-corrected chi connectivity index (χ4v) is 2.62. The van der Waals surface area contributed by atoms with Gasteiger partial charge < -0.3 is 5.32 Å². The van der Waals surface area contributed by atoms with Gasteiger partial charge in [0.2, 0.25) is 0 Å². The quantitative estimate of drug-likeness (QED) is 0.925. The Morgan fingerprint density at radius 2 is 1.79 bits per heavy atom. The fraction of sp³-hybridized carbons (Fsp3) is 0.400. The minimum absolute atomic E-state index is 0.285. The molecule has 0 aliphatic heterocycles. The van der Waals surface area contributed by atoms with Crippen molar-refractivity contribution in [3.8, 4) is 0 Å². The van der Waals surface area contributed by atoms with Crippen LogP contribution in [-0.4, -0.2) is 9.78 Å². The van der Waals surface area contributed by atoms with E-state index in [0.29, 0.717) is 6.04 Å². The van der Waals surface area contributed by atoms with Crippen LogP contribution >= 0.6 is 15.9 Å². The third kappa shape index (κ3) is 3.45. The predicted octanol–water partition coefficient (Wildman–Crippen LogP) is 3.90. The van der Waals surface area contributed by atoms with Gasteiger partial charge in [0.1, 0.15) is 0 Å². The number of benzene rings is 1. The predicted molar refractivity (Wildman–Crippen MR) is 82.1 cm³/mol. The topological polar surface area (TPSA) is 29.9 Å². The molecular formula is C15H20BrN3. The number of rotatable bonds is 4. The Balaban J connectivity index is 2.08. The van der Waals surface area contributed by atoms with Crippen LogP contribution in [0.4, 0.5) is 0 Å². The number of nitrogens with zero attached hydrogens (tertiary/aromatic N) is 2. The average Bonchev–Trinajstić information content (AvgIpc) is 2.69. The van der Waals surface area contributed by atoms with Crippen LogP contribution in [0.3, 0.4) is 0 Å². The molecule has 2 rings (SSSR count). The highest BCUT2D eigenvalue weighted by atomic mass is 79.9. The van der Waals surface area contributed by atoms with Gasteiger partial charge >= 0.3 is 0 Å². The second-order valence-electron chi connectivity index (χ2n) is 5.01. The molecule has 0 aliphatic carbocycles. The highest BCUT2D eigenvalue weighted by Crippen LogP contribution is 2.22. The van der Waals surface area contributed by atoms with E-state index in [9.17, 15) is 0 Å². The van der Waals surface area contributed by atoms with Crippen molar-refractivity contribution >= 4 is 15.9 Å². The van der Waals surface area contributed by atoms with Crippen LogP contribution in [-0.2, 0) is 7.05 Å². The van der Waals surface area contributed by atoms with Gasteiger partial charge in [0.25, 0.3) is 0 Å². The monoisotopic (exact) mass is 321 g/mol. The Kier molecular flexibility index (Phi) is 4.42. The van der Waals surface area contributed by atoms with Crippen molar-refractivity contribution in [3.05, 3.63) is 51.8 Å². The van der Waals surface area contributed by atoms with Crippen LogP contribution < -0.4 is 5.32 Å². The van der Waals surface area contributed by atoms with Crippen LogP contribution in [0.15, 0.2) is 34.9 Å². The van der Waals surface area contributed by atoms with E-state index in [1.807, 2.05) is 11.7 Å². The summed E-state index contributed by atoms with van der Waals surface area (Å²) in [7, 11) is 1.96. The van der Waals surface area contributed by atoms with Crippen LogP contribution in [0.25, 0.3) is 0 Å². The van der Waals surface area contributed by atoms with Crippen molar-refractivity contribution in [2.75, 3.05) is 0 Å². The lowest BCUT2D eigenvalue weighted by atomic mass is 10.1. The van der Waals surface area contributed by atoms with E-state index in [4.69, 9.17) is 0 Å². The highest BCUT2D eigenvalue weighted by Gasteiger charge is 2.14. The van der Waals surface area contributed by atoms with E-state index in [-0.39, 0.29) is 6.04 Å². The molecule has 1 N–H and O–H groups in total. The summed E-state index contributed by atoms with van der Waals surface area (Å²) in [5, 5.41) is 8.01. The molecule has 0 aliphatic rings. The van der Waals surface area contributed by atoms with Crippen LogP contribution in [0, 0.1) is 6.92 Å². The summed E-state index contributed by atoms with van der Waals surface area (Å²) in [6.45, 7) is 6.42. The Morgan fingerprint density at radius 3 is 2.32 bits per heavy atom. The Bertz CT molecular complexity index is 545. The average molecular weight is 322 g/mol. The van der Waals surface area contributed by atoms with Crippen molar-refractivity contribution in [2.24, 2.45) is 7.05 Å². The smallest absolute Gasteiger partial charge is 0.0641 e. The minimum atomic E-state index is 0.285.